The summed E-state index contributed by atoms with van der Waals surface area (Å²) in [5.41, 5.74) is -0.603. The maximum absolute atomic E-state index is 13.0. The molecular formula is C54H82O20. The summed E-state index contributed by atoms with van der Waals surface area (Å²) in [5, 5.41) is 67.2. The van der Waals surface area contributed by atoms with Gasteiger partial charge < -0.3 is 82.7 Å². The molecule has 24 unspecified atom stereocenters. The molecule has 24 atom stereocenters. The van der Waals surface area contributed by atoms with Crippen LogP contribution in [0.1, 0.15) is 121 Å². The van der Waals surface area contributed by atoms with Gasteiger partial charge in [-0.15, -0.1) is 0 Å². The summed E-state index contributed by atoms with van der Waals surface area (Å²) in [6, 6.07) is 0. The zero-order chi connectivity index (χ0) is 53.7. The monoisotopic (exact) mass is 1050 g/mol. The second-order valence-electron chi connectivity index (χ2n) is 24.6. The van der Waals surface area contributed by atoms with Crippen LogP contribution in [0.3, 0.4) is 0 Å². The molecule has 20 heteroatoms. The Morgan fingerprint density at radius 2 is 1.39 bits per heavy atom. The van der Waals surface area contributed by atoms with Crippen LogP contribution in [0.5, 0.6) is 0 Å². The third-order valence-electron chi connectivity index (χ3n) is 19.4. The Balaban J connectivity index is 0.965. The lowest BCUT2D eigenvalue weighted by molar-refractivity contribution is -0.381. The summed E-state index contributed by atoms with van der Waals surface area (Å²) in [6.45, 7) is 18.6. The zero-order valence-electron chi connectivity index (χ0n) is 44.6. The number of aliphatic hydroxyl groups is 6. The van der Waals surface area contributed by atoms with E-state index >= 15 is 0 Å². The van der Waals surface area contributed by atoms with Crippen LogP contribution in [-0.4, -0.2) is 178 Å². The number of ether oxygens (including phenoxy) is 11. The van der Waals surface area contributed by atoms with Crippen LogP contribution < -0.4 is 0 Å². The van der Waals surface area contributed by atoms with E-state index in [1.165, 1.54) is 13.0 Å². The van der Waals surface area contributed by atoms with Crippen LogP contribution in [0.15, 0.2) is 23.8 Å². The van der Waals surface area contributed by atoms with Gasteiger partial charge >= 0.3 is 17.9 Å². The predicted octanol–water partition coefficient (Wildman–Crippen LogP) is 2.87. The van der Waals surface area contributed by atoms with Gasteiger partial charge in [-0.3, -0.25) is 9.59 Å². The van der Waals surface area contributed by atoms with Crippen LogP contribution in [0.4, 0.5) is 0 Å². The summed E-state index contributed by atoms with van der Waals surface area (Å²) < 4.78 is 68.3. The van der Waals surface area contributed by atoms with Gasteiger partial charge in [0.05, 0.1) is 37.6 Å². The molecule has 6 N–H and O–H groups in total. The Hall–Kier alpha value is -2.67. The van der Waals surface area contributed by atoms with E-state index in [-0.39, 0.29) is 46.7 Å². The fourth-order valence-corrected chi connectivity index (χ4v) is 16.5. The van der Waals surface area contributed by atoms with Gasteiger partial charge in [0.2, 0.25) is 0 Å². The molecule has 0 radical (unpaired) electrons. The van der Waals surface area contributed by atoms with Gasteiger partial charge in [-0.25, -0.2) is 4.79 Å². The molecule has 0 aromatic heterocycles. The van der Waals surface area contributed by atoms with Gasteiger partial charge in [0.15, 0.2) is 43.0 Å². The molecule has 4 aliphatic carbocycles. The second kappa shape index (κ2) is 20.5. The molecule has 5 saturated heterocycles. The highest BCUT2D eigenvalue weighted by atomic mass is 16.8. The van der Waals surface area contributed by atoms with Crippen molar-refractivity contribution in [3.05, 3.63) is 23.8 Å². The fraction of sp³-hybridized carbons (Fsp3) is 0.870. The molecule has 5 heterocycles. The van der Waals surface area contributed by atoms with E-state index in [0.29, 0.717) is 25.4 Å². The van der Waals surface area contributed by atoms with E-state index in [1.54, 1.807) is 6.92 Å². The van der Waals surface area contributed by atoms with Gasteiger partial charge in [0.25, 0.3) is 0 Å². The first-order valence-corrected chi connectivity index (χ1v) is 26.8. The van der Waals surface area contributed by atoms with Crippen molar-refractivity contribution in [3.63, 3.8) is 0 Å². The largest absolute Gasteiger partial charge is 0.460 e. The molecule has 9 rings (SSSR count). The first kappa shape index (κ1) is 56.1. The number of hydrogen-bond donors (Lipinski definition) is 6. The molecule has 0 amide bonds. The minimum atomic E-state index is -1.84. The first-order chi connectivity index (χ1) is 34.7. The fourth-order valence-electron chi connectivity index (χ4n) is 16.5. The minimum absolute atomic E-state index is 0.0897. The number of aliphatic hydroxyl groups excluding tert-OH is 5. The normalized spacial score (nSPS) is 50.4. The SMILES string of the molecule is CC=CC(=O)OCC1OC(OC2C(O)COC(OC3CCC4(C)C(CCC5(C)C4CCC4C6C(C)(O)CC(C=C(C)C)OC67CC45CO7)C3(C)C)C2OC(C)=O)C(OC2OCC(O)C(O)C2O)C(OC(C)=O)C1O. The number of esters is 3. The number of allylic oxidation sites excluding steroid dienone is 2. The highest BCUT2D eigenvalue weighted by Gasteiger charge is 2.81. The molecule has 2 spiro atoms. The number of carbonyl (C=O) groups excluding carboxylic acids is 3. The van der Waals surface area contributed by atoms with Gasteiger partial charge in [-0.1, -0.05) is 45.4 Å². The first-order valence-electron chi connectivity index (χ1n) is 26.8. The van der Waals surface area contributed by atoms with Crippen LogP contribution >= 0.6 is 0 Å². The summed E-state index contributed by atoms with van der Waals surface area (Å²) >= 11 is 0. The van der Waals surface area contributed by atoms with E-state index < -0.39 is 134 Å². The average Bonchev–Trinajstić information content (AvgIpc) is 3.83. The summed E-state index contributed by atoms with van der Waals surface area (Å²) in [5.74, 6) is -2.54. The van der Waals surface area contributed by atoms with Crippen molar-refractivity contribution >= 4 is 17.9 Å². The zero-order valence-corrected chi connectivity index (χ0v) is 44.6. The molecule has 418 valence electrons. The Kier molecular flexibility index (Phi) is 15.6. The van der Waals surface area contributed by atoms with Gasteiger partial charge in [0, 0.05) is 44.1 Å². The lowest BCUT2D eigenvalue weighted by Crippen LogP contribution is -2.68. The lowest BCUT2D eigenvalue weighted by Gasteiger charge is -2.70. The number of fused-ring (bicyclic) bond motifs is 4. The van der Waals surface area contributed by atoms with Crippen molar-refractivity contribution in [1.82, 2.24) is 0 Å². The molecule has 74 heavy (non-hydrogen) atoms. The van der Waals surface area contributed by atoms with Gasteiger partial charge in [-0.05, 0) is 100 Å². The summed E-state index contributed by atoms with van der Waals surface area (Å²) in [6.07, 6.45) is -10.0. The quantitative estimate of drug-likeness (QED) is 0.0539. The molecule has 2 bridgehead atoms. The van der Waals surface area contributed by atoms with Crippen molar-refractivity contribution < 1.29 is 97.1 Å². The predicted molar refractivity (Wildman–Crippen MR) is 257 cm³/mol. The maximum Gasteiger partial charge on any atom is 0.330 e. The highest BCUT2D eigenvalue weighted by molar-refractivity contribution is 5.81. The molecule has 0 aromatic rings. The number of carbonyl (C=O) groups is 3. The van der Waals surface area contributed by atoms with Gasteiger partial charge in [0.1, 0.15) is 49.3 Å². The smallest absolute Gasteiger partial charge is 0.330 e. The summed E-state index contributed by atoms with van der Waals surface area (Å²) in [4.78, 5) is 38.1. The summed E-state index contributed by atoms with van der Waals surface area (Å²) in [7, 11) is 0. The Bertz CT molecular complexity index is 2150. The van der Waals surface area contributed by atoms with E-state index in [0.717, 1.165) is 57.1 Å². The Morgan fingerprint density at radius 3 is 2.08 bits per heavy atom. The third-order valence-corrected chi connectivity index (χ3v) is 19.4. The lowest BCUT2D eigenvalue weighted by atomic mass is 9.35. The van der Waals surface area contributed by atoms with E-state index in [9.17, 15) is 45.0 Å². The van der Waals surface area contributed by atoms with Crippen molar-refractivity contribution in [3.8, 4) is 0 Å². The Labute approximate surface area is 433 Å². The van der Waals surface area contributed by atoms with Crippen molar-refractivity contribution in [1.29, 1.82) is 0 Å². The molecule has 9 fully saturated rings. The maximum atomic E-state index is 13.0. The average molecular weight is 1050 g/mol. The molecule has 9 aliphatic rings. The van der Waals surface area contributed by atoms with Crippen molar-refractivity contribution in [2.24, 2.45) is 45.3 Å². The molecule has 0 aromatic carbocycles. The third kappa shape index (κ3) is 9.53. The van der Waals surface area contributed by atoms with Gasteiger partial charge in [-0.2, -0.15) is 0 Å². The Morgan fingerprint density at radius 1 is 0.716 bits per heavy atom. The van der Waals surface area contributed by atoms with Crippen LogP contribution in [0, 0.1) is 45.3 Å². The van der Waals surface area contributed by atoms with Crippen LogP contribution in [-0.2, 0) is 66.5 Å². The second-order valence-corrected chi connectivity index (χ2v) is 24.6. The number of hydrogen-bond acceptors (Lipinski definition) is 20. The standard InChI is InChI=1S/C54H82O20/c1-11-12-37(59)64-23-33-39(61)42(68-27(4)55)44(73-46-40(62)38(60)31(57)21-65-46)48(70-33)72-41-32(58)22-66-47(43(41)69-28(5)56)71-36-16-17-50(8)34(49(36,6)7)15-18-51(9)35(50)14-13-30-45-52(10,63)20-29(19-26(2)3)74-54(45)24-53(30,51)25-67-54/h11-12,19,29-36,38-48,57-58,60-63H,13-18,20-25H2,1-10H3. The van der Waals surface area contributed by atoms with E-state index in [2.05, 4.69) is 47.6 Å². The number of rotatable bonds is 12. The van der Waals surface area contributed by atoms with Crippen molar-refractivity contribution in [2.45, 2.75) is 224 Å². The van der Waals surface area contributed by atoms with Crippen LogP contribution in [0.25, 0.3) is 0 Å². The molecular weight excluding hydrogens is 969 g/mol. The van der Waals surface area contributed by atoms with E-state index in [4.69, 9.17) is 52.1 Å². The van der Waals surface area contributed by atoms with Crippen LogP contribution in [0.2, 0.25) is 0 Å². The highest BCUT2D eigenvalue weighted by Crippen LogP contribution is 2.80. The molecule has 5 aliphatic heterocycles. The van der Waals surface area contributed by atoms with Crippen molar-refractivity contribution in [2.75, 3.05) is 26.4 Å². The molecule has 4 saturated carbocycles. The molecule has 20 nitrogen and oxygen atoms in total. The topological polar surface area (TPSA) is 274 Å². The minimum Gasteiger partial charge on any atom is -0.460 e. The van der Waals surface area contributed by atoms with E-state index in [1.807, 2.05) is 6.92 Å².